The predicted molar refractivity (Wildman–Crippen MR) is 157 cm³/mol. The fourth-order valence-corrected chi connectivity index (χ4v) is 5.15. The van der Waals surface area contributed by atoms with Crippen LogP contribution in [0.2, 0.25) is 0 Å². The van der Waals surface area contributed by atoms with E-state index in [1.807, 2.05) is 29.2 Å². The van der Waals surface area contributed by atoms with Crippen LogP contribution in [-0.4, -0.2) is 99.7 Å². The third-order valence-electron chi connectivity index (χ3n) is 6.72. The Labute approximate surface area is 243 Å². The number of hydrogen-bond donors (Lipinski definition) is 1. The van der Waals surface area contributed by atoms with Crippen LogP contribution < -0.4 is 19.7 Å². The van der Waals surface area contributed by atoms with Gasteiger partial charge in [-0.2, -0.15) is 0 Å². The van der Waals surface area contributed by atoms with E-state index >= 15 is 0 Å². The van der Waals surface area contributed by atoms with Crippen LogP contribution in [-0.2, 0) is 20.7 Å². The van der Waals surface area contributed by atoms with Gasteiger partial charge in [-0.15, -0.1) is 11.3 Å². The van der Waals surface area contributed by atoms with Crippen molar-refractivity contribution in [2.75, 3.05) is 77.4 Å². The molecule has 12 heteroatoms. The molecule has 3 amide bonds. The first-order valence-electron chi connectivity index (χ1n) is 13.2. The van der Waals surface area contributed by atoms with E-state index in [9.17, 15) is 14.4 Å². The van der Waals surface area contributed by atoms with Crippen molar-refractivity contribution in [1.29, 1.82) is 0 Å². The molecule has 4 rings (SSSR count). The number of amides is 3. The second-order valence-electron chi connectivity index (χ2n) is 9.38. The van der Waals surface area contributed by atoms with Crippen LogP contribution in [0.25, 0.3) is 0 Å². The van der Waals surface area contributed by atoms with Crippen molar-refractivity contribution >= 4 is 39.9 Å². The number of rotatable bonds is 12. The molecular weight excluding hydrogens is 546 g/mol. The zero-order valence-electron chi connectivity index (χ0n) is 23.5. The molecule has 0 bridgehead atoms. The molecule has 218 valence electrons. The summed E-state index contributed by atoms with van der Waals surface area (Å²) in [5.41, 5.74) is 2.14. The number of methoxy groups -OCH3 is 3. The Morgan fingerprint density at radius 3 is 2.17 bits per heavy atom. The molecule has 1 fully saturated rings. The monoisotopic (exact) mass is 581 g/mol. The maximum absolute atomic E-state index is 13.0. The molecule has 0 unspecified atom stereocenters. The van der Waals surface area contributed by atoms with E-state index in [1.54, 1.807) is 43.9 Å². The molecule has 1 aliphatic rings. The van der Waals surface area contributed by atoms with Gasteiger partial charge in [0.2, 0.25) is 11.8 Å². The van der Waals surface area contributed by atoms with E-state index in [0.717, 1.165) is 24.5 Å². The lowest BCUT2D eigenvalue weighted by molar-refractivity contribution is -0.130. The van der Waals surface area contributed by atoms with Crippen LogP contribution in [0.5, 0.6) is 11.5 Å². The first-order valence-corrected chi connectivity index (χ1v) is 14.1. The number of ether oxygens (including phenoxy) is 3. The lowest BCUT2D eigenvalue weighted by Gasteiger charge is -2.36. The highest BCUT2D eigenvalue weighted by molar-refractivity contribution is 7.13. The largest absolute Gasteiger partial charge is 0.497 e. The molecule has 1 aliphatic heterocycles. The number of thiazole rings is 1. The molecule has 1 N–H and O–H groups in total. The molecule has 2 heterocycles. The topological polar surface area (TPSA) is 114 Å². The molecular formula is C29H35N5O6S. The first kappa shape index (κ1) is 29.8. The summed E-state index contributed by atoms with van der Waals surface area (Å²) in [6, 6.07) is 14.6. The quantitative estimate of drug-likeness (QED) is 0.348. The minimum Gasteiger partial charge on any atom is -0.497 e. The zero-order chi connectivity index (χ0) is 29.2. The molecule has 0 aliphatic carbocycles. The number of nitrogens with zero attached hydrogens (tertiary/aromatic N) is 4. The number of piperazine rings is 1. The summed E-state index contributed by atoms with van der Waals surface area (Å²) in [7, 11) is 4.73. The second kappa shape index (κ2) is 14.5. The lowest BCUT2D eigenvalue weighted by atomic mass is 10.2. The van der Waals surface area contributed by atoms with Crippen LogP contribution in [0.1, 0.15) is 16.1 Å². The molecule has 0 saturated carbocycles. The number of anilines is 2. The number of carbonyl (C=O) groups is 3. The van der Waals surface area contributed by atoms with E-state index in [2.05, 4.69) is 15.2 Å². The van der Waals surface area contributed by atoms with Crippen molar-refractivity contribution in [2.24, 2.45) is 0 Å². The summed E-state index contributed by atoms with van der Waals surface area (Å²) in [5, 5.41) is 4.90. The molecule has 11 nitrogen and oxygen atoms in total. The number of carbonyl (C=O) groups excluding carboxylic acids is 3. The number of aromatic nitrogens is 1. The van der Waals surface area contributed by atoms with Crippen LogP contribution in [0.4, 0.5) is 10.8 Å². The molecule has 2 aromatic carbocycles. The Hall–Kier alpha value is -4.16. The highest BCUT2D eigenvalue weighted by atomic mass is 32.1. The van der Waals surface area contributed by atoms with Gasteiger partial charge < -0.3 is 34.2 Å². The molecule has 0 spiro atoms. The van der Waals surface area contributed by atoms with Crippen LogP contribution in [0.3, 0.4) is 0 Å². The Kier molecular flexibility index (Phi) is 10.5. The van der Waals surface area contributed by atoms with E-state index in [-0.39, 0.29) is 43.8 Å². The Balaban J connectivity index is 1.27. The maximum atomic E-state index is 13.0. The van der Waals surface area contributed by atoms with Crippen LogP contribution in [0, 0.1) is 0 Å². The fourth-order valence-electron chi connectivity index (χ4n) is 4.42. The lowest BCUT2D eigenvalue weighted by Crippen LogP contribution is -2.49. The fraction of sp³-hybridized carbons (Fsp3) is 0.379. The summed E-state index contributed by atoms with van der Waals surface area (Å²) in [6.07, 6.45) is 0.158. The Morgan fingerprint density at radius 2 is 1.56 bits per heavy atom. The molecule has 3 aromatic rings. The Morgan fingerprint density at radius 1 is 0.927 bits per heavy atom. The molecule has 41 heavy (non-hydrogen) atoms. The molecule has 1 saturated heterocycles. The summed E-state index contributed by atoms with van der Waals surface area (Å²) in [5.74, 6) is 0.768. The van der Waals surface area contributed by atoms with E-state index in [1.165, 1.54) is 23.3 Å². The van der Waals surface area contributed by atoms with Crippen molar-refractivity contribution in [1.82, 2.24) is 14.8 Å². The Bertz CT molecular complexity index is 1310. The maximum Gasteiger partial charge on any atom is 0.254 e. The van der Waals surface area contributed by atoms with E-state index in [0.29, 0.717) is 35.2 Å². The smallest absolute Gasteiger partial charge is 0.254 e. The van der Waals surface area contributed by atoms with Gasteiger partial charge in [0, 0.05) is 56.5 Å². The summed E-state index contributed by atoms with van der Waals surface area (Å²) in [4.78, 5) is 48.7. The van der Waals surface area contributed by atoms with Crippen LogP contribution in [0.15, 0.2) is 53.9 Å². The van der Waals surface area contributed by atoms with Gasteiger partial charge in [0.15, 0.2) is 5.13 Å². The third kappa shape index (κ3) is 8.18. The predicted octanol–water partition coefficient (Wildman–Crippen LogP) is 2.78. The summed E-state index contributed by atoms with van der Waals surface area (Å²) < 4.78 is 15.5. The SMILES string of the molecule is COCCN(CC(=O)Nc1nc(CC(=O)N2CCN(c3ccc(OC)cc3)CC2)cs1)C(=O)c1ccc(OC)cc1. The van der Waals surface area contributed by atoms with E-state index < -0.39 is 0 Å². The van der Waals surface area contributed by atoms with Gasteiger partial charge >= 0.3 is 0 Å². The van der Waals surface area contributed by atoms with E-state index in [4.69, 9.17) is 14.2 Å². The van der Waals surface area contributed by atoms with Gasteiger partial charge in [-0.05, 0) is 48.5 Å². The minimum absolute atomic E-state index is 0.00149. The van der Waals surface area contributed by atoms with Gasteiger partial charge in [0.05, 0.1) is 32.9 Å². The number of hydrogen-bond acceptors (Lipinski definition) is 9. The van der Waals surface area contributed by atoms with Crippen molar-refractivity contribution in [3.05, 3.63) is 65.2 Å². The average Bonchev–Trinajstić information content (AvgIpc) is 3.45. The molecule has 0 atom stereocenters. The highest BCUT2D eigenvalue weighted by Gasteiger charge is 2.23. The van der Waals surface area contributed by atoms with Crippen molar-refractivity contribution in [3.63, 3.8) is 0 Å². The highest BCUT2D eigenvalue weighted by Crippen LogP contribution is 2.22. The standard InChI is InChI=1S/C29H35N5O6S/c1-38-17-16-34(28(37)21-4-8-24(39-2)9-5-21)19-26(35)31-29-30-22(20-41-29)18-27(36)33-14-12-32(13-15-33)23-6-10-25(40-3)11-7-23/h4-11,20H,12-19H2,1-3H3,(H,30,31,35). The second-order valence-corrected chi connectivity index (χ2v) is 10.2. The zero-order valence-corrected chi connectivity index (χ0v) is 24.3. The third-order valence-corrected chi connectivity index (χ3v) is 7.53. The van der Waals surface area contributed by atoms with Crippen molar-refractivity contribution in [2.45, 2.75) is 6.42 Å². The average molecular weight is 582 g/mol. The van der Waals surface area contributed by atoms with Crippen molar-refractivity contribution in [3.8, 4) is 11.5 Å². The van der Waals surface area contributed by atoms with Gasteiger partial charge in [-0.25, -0.2) is 4.98 Å². The summed E-state index contributed by atoms with van der Waals surface area (Å²) in [6.45, 7) is 3.10. The van der Waals surface area contributed by atoms with Gasteiger partial charge in [-0.1, -0.05) is 0 Å². The van der Waals surface area contributed by atoms with Gasteiger partial charge in [0.25, 0.3) is 5.91 Å². The normalized spacial score (nSPS) is 13.0. The number of benzene rings is 2. The minimum atomic E-state index is -0.384. The van der Waals surface area contributed by atoms with Crippen LogP contribution >= 0.6 is 11.3 Å². The molecule has 0 radical (unpaired) electrons. The number of nitrogens with one attached hydrogen (secondary N) is 1. The first-order chi connectivity index (χ1) is 19.9. The van der Waals surface area contributed by atoms with Gasteiger partial charge in [0.1, 0.15) is 18.0 Å². The molecule has 1 aromatic heterocycles. The van der Waals surface area contributed by atoms with Gasteiger partial charge in [-0.3, -0.25) is 14.4 Å². The summed E-state index contributed by atoms with van der Waals surface area (Å²) >= 11 is 1.25. The van der Waals surface area contributed by atoms with Crippen molar-refractivity contribution < 1.29 is 28.6 Å².